The Morgan fingerprint density at radius 3 is 2.93 bits per heavy atom. The Balaban J connectivity index is 2.59. The SMILES string of the molecule is Cc1c(Cl)ccc2c1NCC(=O)N2C. The van der Waals surface area contributed by atoms with Crippen LogP contribution in [0.3, 0.4) is 0 Å². The summed E-state index contributed by atoms with van der Waals surface area (Å²) < 4.78 is 0. The summed E-state index contributed by atoms with van der Waals surface area (Å²) in [7, 11) is 1.77. The zero-order valence-corrected chi connectivity index (χ0v) is 8.85. The number of carbonyl (C=O) groups excluding carboxylic acids is 1. The van der Waals surface area contributed by atoms with Crippen LogP contribution in [0, 0.1) is 6.92 Å². The molecule has 1 N–H and O–H groups in total. The van der Waals surface area contributed by atoms with Crippen LogP contribution in [0.4, 0.5) is 11.4 Å². The van der Waals surface area contributed by atoms with Gasteiger partial charge in [-0.3, -0.25) is 4.79 Å². The van der Waals surface area contributed by atoms with E-state index in [0.29, 0.717) is 6.54 Å². The Bertz CT molecular complexity index is 403. The van der Waals surface area contributed by atoms with Crippen molar-refractivity contribution in [3.63, 3.8) is 0 Å². The molecule has 74 valence electrons. The fourth-order valence-electron chi connectivity index (χ4n) is 1.59. The molecule has 1 aliphatic rings. The summed E-state index contributed by atoms with van der Waals surface area (Å²) in [6.07, 6.45) is 0. The average molecular weight is 211 g/mol. The first-order chi connectivity index (χ1) is 6.61. The molecule has 0 aromatic heterocycles. The molecule has 0 unspecified atom stereocenters. The minimum atomic E-state index is 0.0687. The van der Waals surface area contributed by atoms with Crippen molar-refractivity contribution >= 4 is 28.9 Å². The number of fused-ring (bicyclic) bond motifs is 1. The van der Waals surface area contributed by atoms with E-state index in [9.17, 15) is 4.79 Å². The van der Waals surface area contributed by atoms with E-state index in [-0.39, 0.29) is 5.91 Å². The summed E-state index contributed by atoms with van der Waals surface area (Å²) in [5.74, 6) is 0.0687. The largest absolute Gasteiger partial charge is 0.374 e. The van der Waals surface area contributed by atoms with Gasteiger partial charge in [0.25, 0.3) is 0 Å². The van der Waals surface area contributed by atoms with Gasteiger partial charge >= 0.3 is 0 Å². The monoisotopic (exact) mass is 210 g/mol. The number of anilines is 2. The van der Waals surface area contributed by atoms with Gasteiger partial charge in [-0.05, 0) is 24.6 Å². The van der Waals surface area contributed by atoms with Crippen LogP contribution in [0.5, 0.6) is 0 Å². The molecule has 0 bridgehead atoms. The number of nitrogens with one attached hydrogen (secondary N) is 1. The predicted octanol–water partition coefficient (Wildman–Crippen LogP) is 2.04. The molecule has 2 rings (SSSR count). The van der Waals surface area contributed by atoms with Gasteiger partial charge in [-0.2, -0.15) is 0 Å². The lowest BCUT2D eigenvalue weighted by Gasteiger charge is -2.28. The highest BCUT2D eigenvalue weighted by molar-refractivity contribution is 6.32. The molecule has 0 spiro atoms. The number of hydrogen-bond donors (Lipinski definition) is 1. The van der Waals surface area contributed by atoms with Crippen LogP contribution >= 0.6 is 11.6 Å². The number of halogens is 1. The van der Waals surface area contributed by atoms with Gasteiger partial charge in [0.05, 0.1) is 17.9 Å². The van der Waals surface area contributed by atoms with E-state index in [1.54, 1.807) is 11.9 Å². The second kappa shape index (κ2) is 3.17. The third-order valence-corrected chi connectivity index (χ3v) is 2.94. The Hall–Kier alpha value is -1.22. The normalized spacial score (nSPS) is 15.1. The van der Waals surface area contributed by atoms with Crippen molar-refractivity contribution in [3.8, 4) is 0 Å². The molecular weight excluding hydrogens is 200 g/mol. The van der Waals surface area contributed by atoms with E-state index >= 15 is 0 Å². The van der Waals surface area contributed by atoms with E-state index in [0.717, 1.165) is 22.0 Å². The number of carbonyl (C=O) groups is 1. The molecule has 0 atom stereocenters. The van der Waals surface area contributed by atoms with Crippen LogP contribution in [-0.4, -0.2) is 19.5 Å². The minimum absolute atomic E-state index is 0.0687. The lowest BCUT2D eigenvalue weighted by molar-refractivity contribution is -0.116. The lowest BCUT2D eigenvalue weighted by Crippen LogP contribution is -2.37. The van der Waals surface area contributed by atoms with Gasteiger partial charge < -0.3 is 10.2 Å². The topological polar surface area (TPSA) is 32.3 Å². The Morgan fingerprint density at radius 1 is 1.50 bits per heavy atom. The molecule has 1 aromatic rings. The van der Waals surface area contributed by atoms with Crippen LogP contribution in [0.1, 0.15) is 5.56 Å². The number of benzene rings is 1. The van der Waals surface area contributed by atoms with Crippen LogP contribution < -0.4 is 10.2 Å². The van der Waals surface area contributed by atoms with Crippen molar-refractivity contribution in [2.24, 2.45) is 0 Å². The van der Waals surface area contributed by atoms with E-state index in [2.05, 4.69) is 5.32 Å². The third kappa shape index (κ3) is 1.24. The van der Waals surface area contributed by atoms with Gasteiger partial charge in [0, 0.05) is 12.1 Å². The number of likely N-dealkylation sites (N-methyl/N-ethyl adjacent to an activating group) is 1. The summed E-state index contributed by atoms with van der Waals surface area (Å²) in [4.78, 5) is 13.0. The quantitative estimate of drug-likeness (QED) is 0.711. The molecule has 1 aromatic carbocycles. The van der Waals surface area contributed by atoms with Crippen LogP contribution in [0.15, 0.2) is 12.1 Å². The number of hydrogen-bond acceptors (Lipinski definition) is 2. The summed E-state index contributed by atoms with van der Waals surface area (Å²) >= 11 is 5.99. The number of rotatable bonds is 0. The Labute approximate surface area is 87.7 Å². The van der Waals surface area contributed by atoms with Crippen molar-refractivity contribution in [2.45, 2.75) is 6.92 Å². The molecule has 0 saturated heterocycles. The first-order valence-corrected chi connectivity index (χ1v) is 4.78. The highest BCUT2D eigenvalue weighted by Crippen LogP contribution is 2.35. The van der Waals surface area contributed by atoms with E-state index in [1.165, 1.54) is 0 Å². The van der Waals surface area contributed by atoms with Crippen molar-refractivity contribution in [2.75, 3.05) is 23.8 Å². The summed E-state index contributed by atoms with van der Waals surface area (Å²) in [6.45, 7) is 2.28. The van der Waals surface area contributed by atoms with Crippen LogP contribution in [-0.2, 0) is 4.79 Å². The second-order valence-electron chi connectivity index (χ2n) is 3.37. The molecule has 4 heteroatoms. The average Bonchev–Trinajstić information content (AvgIpc) is 2.17. The maximum absolute atomic E-state index is 11.4. The van der Waals surface area contributed by atoms with Crippen molar-refractivity contribution < 1.29 is 4.79 Å². The highest BCUT2D eigenvalue weighted by atomic mass is 35.5. The van der Waals surface area contributed by atoms with Gasteiger partial charge in [-0.25, -0.2) is 0 Å². The van der Waals surface area contributed by atoms with Crippen LogP contribution in [0.2, 0.25) is 5.02 Å². The fourth-order valence-corrected chi connectivity index (χ4v) is 1.75. The first kappa shape index (κ1) is 9.34. The fraction of sp³-hybridized carbons (Fsp3) is 0.300. The number of nitrogens with zero attached hydrogens (tertiary/aromatic N) is 1. The van der Waals surface area contributed by atoms with E-state index < -0.39 is 0 Å². The van der Waals surface area contributed by atoms with E-state index in [4.69, 9.17) is 11.6 Å². The van der Waals surface area contributed by atoms with Crippen molar-refractivity contribution in [1.29, 1.82) is 0 Å². The standard InChI is InChI=1S/C10H11ClN2O/c1-6-7(11)3-4-8-10(6)12-5-9(14)13(8)2/h3-4,12H,5H2,1-2H3. The molecule has 3 nitrogen and oxygen atoms in total. The smallest absolute Gasteiger partial charge is 0.246 e. The highest BCUT2D eigenvalue weighted by Gasteiger charge is 2.22. The molecule has 0 radical (unpaired) electrons. The van der Waals surface area contributed by atoms with Gasteiger partial charge in [0.2, 0.25) is 5.91 Å². The van der Waals surface area contributed by atoms with Crippen molar-refractivity contribution in [3.05, 3.63) is 22.7 Å². The zero-order chi connectivity index (χ0) is 10.3. The molecule has 0 fully saturated rings. The molecule has 0 saturated carbocycles. The molecule has 0 aliphatic carbocycles. The zero-order valence-electron chi connectivity index (χ0n) is 8.10. The second-order valence-corrected chi connectivity index (χ2v) is 3.78. The molecule has 1 heterocycles. The molecule has 1 amide bonds. The molecule has 1 aliphatic heterocycles. The summed E-state index contributed by atoms with van der Waals surface area (Å²) in [6, 6.07) is 3.67. The Kier molecular flexibility index (Phi) is 2.11. The third-order valence-electron chi connectivity index (χ3n) is 2.53. The van der Waals surface area contributed by atoms with Gasteiger partial charge in [-0.1, -0.05) is 11.6 Å². The van der Waals surface area contributed by atoms with E-state index in [1.807, 2.05) is 19.1 Å². The van der Waals surface area contributed by atoms with Crippen LogP contribution in [0.25, 0.3) is 0 Å². The summed E-state index contributed by atoms with van der Waals surface area (Å²) in [5, 5.41) is 3.80. The summed E-state index contributed by atoms with van der Waals surface area (Å²) in [5.41, 5.74) is 2.84. The lowest BCUT2D eigenvalue weighted by atomic mass is 10.1. The maximum atomic E-state index is 11.4. The molecular formula is C10H11ClN2O. The van der Waals surface area contributed by atoms with Crippen molar-refractivity contribution in [1.82, 2.24) is 0 Å². The minimum Gasteiger partial charge on any atom is -0.374 e. The Morgan fingerprint density at radius 2 is 2.21 bits per heavy atom. The predicted molar refractivity (Wildman–Crippen MR) is 58.1 cm³/mol. The van der Waals surface area contributed by atoms with Gasteiger partial charge in [0.15, 0.2) is 0 Å². The van der Waals surface area contributed by atoms with Gasteiger partial charge in [-0.15, -0.1) is 0 Å². The maximum Gasteiger partial charge on any atom is 0.246 e. The van der Waals surface area contributed by atoms with Gasteiger partial charge in [0.1, 0.15) is 0 Å². The first-order valence-electron chi connectivity index (χ1n) is 4.41. The number of amides is 1. The molecule has 14 heavy (non-hydrogen) atoms.